The summed E-state index contributed by atoms with van der Waals surface area (Å²) in [5, 5.41) is 11.0. The van der Waals surface area contributed by atoms with Crippen molar-refractivity contribution in [2.45, 2.75) is 33.8 Å². The molecule has 0 amide bonds. The van der Waals surface area contributed by atoms with Crippen molar-refractivity contribution in [3.63, 3.8) is 0 Å². The quantitative estimate of drug-likeness (QED) is 0.587. The van der Waals surface area contributed by atoms with Crippen LogP contribution in [0.25, 0.3) is 6.08 Å². The minimum atomic E-state index is -0.352. The Bertz CT molecular complexity index is 507. The number of hydrogen-bond donors (Lipinski definition) is 0. The van der Waals surface area contributed by atoms with Crippen LogP contribution in [0.15, 0.2) is 23.9 Å². The molecule has 0 aromatic heterocycles. The molecule has 0 spiro atoms. The van der Waals surface area contributed by atoms with E-state index in [0.717, 1.165) is 5.56 Å². The first kappa shape index (κ1) is 16.0. The fraction of sp³-hybridized carbons (Fsp3) is 0.467. The maximum Gasteiger partial charge on any atom is 0.249 e. The number of ether oxygens (including phenoxy) is 2. The number of hydrogen-bond acceptors (Lipinski definition) is 4. The second-order valence-corrected chi connectivity index (χ2v) is 5.06. The average molecular weight is 279 g/mol. The zero-order valence-corrected chi connectivity index (χ0v) is 12.5. The van der Waals surface area contributed by atoms with E-state index in [2.05, 4.69) is 0 Å². The van der Waals surface area contributed by atoms with Gasteiger partial charge in [-0.15, -0.1) is 0 Å². The first-order chi connectivity index (χ1) is 9.35. The highest BCUT2D eigenvalue weighted by Crippen LogP contribution is 2.30. The van der Waals surface area contributed by atoms with Crippen LogP contribution in [-0.2, 0) is 0 Å². The lowest BCUT2D eigenvalue weighted by molar-refractivity contribution is -0.431. The Morgan fingerprint density at radius 1 is 1.25 bits per heavy atom. The van der Waals surface area contributed by atoms with Crippen molar-refractivity contribution in [1.82, 2.24) is 0 Å². The van der Waals surface area contributed by atoms with Gasteiger partial charge in [0, 0.05) is 12.0 Å². The number of methoxy groups -OCH3 is 1. The van der Waals surface area contributed by atoms with Crippen molar-refractivity contribution in [3.8, 4) is 11.5 Å². The highest BCUT2D eigenvalue weighted by molar-refractivity contribution is 5.57. The summed E-state index contributed by atoms with van der Waals surface area (Å²) in [6.07, 6.45) is 1.60. The van der Waals surface area contributed by atoms with Crippen molar-refractivity contribution in [2.75, 3.05) is 7.11 Å². The van der Waals surface area contributed by atoms with Crippen LogP contribution in [0, 0.1) is 16.0 Å². The largest absolute Gasteiger partial charge is 0.493 e. The molecule has 110 valence electrons. The maximum absolute atomic E-state index is 11.0. The lowest BCUT2D eigenvalue weighted by atomic mass is 10.1. The van der Waals surface area contributed by atoms with Crippen LogP contribution in [0.4, 0.5) is 0 Å². The van der Waals surface area contributed by atoms with E-state index < -0.39 is 0 Å². The first-order valence-electron chi connectivity index (χ1n) is 6.55. The lowest BCUT2D eigenvalue weighted by Gasteiger charge is -2.13. The third-order valence-electron chi connectivity index (χ3n) is 2.67. The molecule has 1 rings (SSSR count). The number of rotatable bonds is 6. The van der Waals surface area contributed by atoms with Crippen molar-refractivity contribution in [1.29, 1.82) is 0 Å². The molecule has 5 heteroatoms. The van der Waals surface area contributed by atoms with Gasteiger partial charge in [0.05, 0.1) is 18.1 Å². The van der Waals surface area contributed by atoms with E-state index in [1.807, 2.05) is 13.8 Å². The van der Waals surface area contributed by atoms with E-state index in [1.165, 1.54) is 0 Å². The summed E-state index contributed by atoms with van der Waals surface area (Å²) in [5.41, 5.74) is 0.892. The third kappa shape index (κ3) is 4.26. The standard InChI is InChI=1S/C15H21NO4/c1-10(2)13(16(17)18)8-12-6-7-14(20-11(3)4)15(9-12)19-5/h6-11H,1-5H3/b13-8-. The highest BCUT2D eigenvalue weighted by Gasteiger charge is 2.16. The minimum Gasteiger partial charge on any atom is -0.493 e. The van der Waals surface area contributed by atoms with Gasteiger partial charge in [0.1, 0.15) is 0 Å². The Morgan fingerprint density at radius 3 is 2.35 bits per heavy atom. The second kappa shape index (κ2) is 6.93. The van der Waals surface area contributed by atoms with Gasteiger partial charge < -0.3 is 9.47 Å². The molecular weight excluding hydrogens is 258 g/mol. The summed E-state index contributed by atoms with van der Waals surface area (Å²) in [6.45, 7) is 7.44. The van der Waals surface area contributed by atoms with Crippen LogP contribution in [0.2, 0.25) is 0 Å². The van der Waals surface area contributed by atoms with Gasteiger partial charge >= 0.3 is 0 Å². The summed E-state index contributed by atoms with van der Waals surface area (Å²) in [7, 11) is 1.55. The summed E-state index contributed by atoms with van der Waals surface area (Å²) >= 11 is 0. The van der Waals surface area contributed by atoms with Gasteiger partial charge in [-0.1, -0.05) is 19.9 Å². The van der Waals surface area contributed by atoms with Gasteiger partial charge in [-0.25, -0.2) is 0 Å². The normalized spacial score (nSPS) is 11.8. The molecule has 1 aromatic rings. The Kier molecular flexibility index (Phi) is 5.55. The molecule has 0 bridgehead atoms. The van der Waals surface area contributed by atoms with Crippen molar-refractivity contribution in [3.05, 3.63) is 39.6 Å². The average Bonchev–Trinajstić information content (AvgIpc) is 2.35. The van der Waals surface area contributed by atoms with E-state index in [-0.39, 0.29) is 22.6 Å². The van der Waals surface area contributed by atoms with E-state index in [4.69, 9.17) is 9.47 Å². The smallest absolute Gasteiger partial charge is 0.249 e. The number of allylic oxidation sites excluding steroid dienone is 1. The highest BCUT2D eigenvalue weighted by atomic mass is 16.6. The monoisotopic (exact) mass is 279 g/mol. The molecule has 0 saturated carbocycles. The fourth-order valence-electron chi connectivity index (χ4n) is 1.73. The molecule has 0 N–H and O–H groups in total. The number of nitrogens with zero attached hydrogens (tertiary/aromatic N) is 1. The molecular formula is C15H21NO4. The van der Waals surface area contributed by atoms with E-state index in [1.54, 1.807) is 45.2 Å². The van der Waals surface area contributed by atoms with Crippen LogP contribution in [0.5, 0.6) is 11.5 Å². The van der Waals surface area contributed by atoms with Gasteiger partial charge in [-0.05, 0) is 31.5 Å². The van der Waals surface area contributed by atoms with Crippen LogP contribution < -0.4 is 9.47 Å². The molecule has 0 aliphatic heterocycles. The molecule has 1 aromatic carbocycles. The molecule has 0 saturated heterocycles. The van der Waals surface area contributed by atoms with Crippen LogP contribution >= 0.6 is 0 Å². The summed E-state index contributed by atoms with van der Waals surface area (Å²) < 4.78 is 10.9. The zero-order chi connectivity index (χ0) is 15.3. The van der Waals surface area contributed by atoms with E-state index >= 15 is 0 Å². The molecule has 0 fully saturated rings. The molecule has 0 atom stereocenters. The minimum absolute atomic E-state index is 0.0373. The second-order valence-electron chi connectivity index (χ2n) is 5.06. The van der Waals surface area contributed by atoms with Crippen LogP contribution in [0.3, 0.4) is 0 Å². The van der Waals surface area contributed by atoms with Crippen molar-refractivity contribution >= 4 is 6.08 Å². The van der Waals surface area contributed by atoms with Gasteiger partial charge in [0.15, 0.2) is 11.5 Å². The van der Waals surface area contributed by atoms with Crippen molar-refractivity contribution < 1.29 is 14.4 Å². The van der Waals surface area contributed by atoms with Gasteiger partial charge in [0.2, 0.25) is 5.70 Å². The van der Waals surface area contributed by atoms with Crippen LogP contribution in [0.1, 0.15) is 33.3 Å². The Hall–Kier alpha value is -2.04. The van der Waals surface area contributed by atoms with Crippen molar-refractivity contribution in [2.24, 2.45) is 5.92 Å². The predicted molar refractivity (Wildman–Crippen MR) is 78.6 cm³/mol. The Morgan fingerprint density at radius 2 is 1.90 bits per heavy atom. The van der Waals surface area contributed by atoms with Gasteiger partial charge in [-0.2, -0.15) is 0 Å². The SMILES string of the molecule is COc1cc(/C=C(/C(C)C)[N+](=O)[O-])ccc1OC(C)C. The van der Waals surface area contributed by atoms with Crippen LogP contribution in [-0.4, -0.2) is 18.1 Å². The predicted octanol–water partition coefficient (Wildman–Crippen LogP) is 3.76. The molecule has 0 aliphatic rings. The first-order valence-corrected chi connectivity index (χ1v) is 6.55. The summed E-state index contributed by atoms with van der Waals surface area (Å²) in [5.74, 6) is 1.05. The third-order valence-corrected chi connectivity index (χ3v) is 2.67. The molecule has 0 unspecified atom stereocenters. The number of benzene rings is 1. The zero-order valence-electron chi connectivity index (χ0n) is 12.5. The van der Waals surface area contributed by atoms with E-state index in [9.17, 15) is 10.1 Å². The number of nitro groups is 1. The Balaban J connectivity index is 3.15. The lowest BCUT2D eigenvalue weighted by Crippen LogP contribution is -2.07. The molecule has 0 aliphatic carbocycles. The summed E-state index contributed by atoms with van der Waals surface area (Å²) in [4.78, 5) is 10.6. The molecule has 5 nitrogen and oxygen atoms in total. The summed E-state index contributed by atoms with van der Waals surface area (Å²) in [6, 6.07) is 5.29. The Labute approximate surface area is 119 Å². The maximum atomic E-state index is 11.0. The van der Waals surface area contributed by atoms with E-state index in [0.29, 0.717) is 11.5 Å². The molecule has 0 heterocycles. The van der Waals surface area contributed by atoms with Gasteiger partial charge in [-0.3, -0.25) is 10.1 Å². The van der Waals surface area contributed by atoms with Gasteiger partial charge in [0.25, 0.3) is 0 Å². The fourth-order valence-corrected chi connectivity index (χ4v) is 1.73. The molecule has 20 heavy (non-hydrogen) atoms. The topological polar surface area (TPSA) is 61.6 Å². The molecule has 0 radical (unpaired) electrons.